The Bertz CT molecular complexity index is 751. The van der Waals surface area contributed by atoms with E-state index < -0.39 is 12.0 Å². The van der Waals surface area contributed by atoms with Crippen LogP contribution < -0.4 is 5.32 Å². The van der Waals surface area contributed by atoms with Crippen molar-refractivity contribution in [1.82, 2.24) is 4.90 Å². The number of nitrogens with zero attached hydrogens (tertiary/aromatic N) is 1. The van der Waals surface area contributed by atoms with E-state index in [-0.39, 0.29) is 23.8 Å². The molecule has 1 aliphatic carbocycles. The number of hydrogen-bond acceptors (Lipinski definition) is 4. The van der Waals surface area contributed by atoms with E-state index in [0.717, 1.165) is 30.6 Å². The molecule has 0 unspecified atom stereocenters. The number of carbonyl (C=O) groups is 3. The van der Waals surface area contributed by atoms with Gasteiger partial charge in [0, 0.05) is 16.5 Å². The maximum absolute atomic E-state index is 13.1. The van der Waals surface area contributed by atoms with E-state index in [2.05, 4.69) is 5.32 Å². The van der Waals surface area contributed by atoms with E-state index >= 15 is 0 Å². The van der Waals surface area contributed by atoms with Crippen molar-refractivity contribution in [2.45, 2.75) is 49.1 Å². The minimum Gasteiger partial charge on any atom is -0.480 e. The molecule has 3 aliphatic rings. The Kier molecular flexibility index (Phi) is 4.19. The summed E-state index contributed by atoms with van der Waals surface area (Å²) in [5.74, 6) is -0.596. The first-order chi connectivity index (χ1) is 12.0. The summed E-state index contributed by atoms with van der Waals surface area (Å²) in [4.78, 5) is 38.9. The number of nitrogens with one attached hydrogen (secondary N) is 1. The number of amides is 2. The van der Waals surface area contributed by atoms with Crippen molar-refractivity contribution in [2.75, 3.05) is 11.1 Å². The van der Waals surface area contributed by atoms with Gasteiger partial charge < -0.3 is 15.3 Å². The fourth-order valence-electron chi connectivity index (χ4n) is 4.34. The maximum atomic E-state index is 13.1. The van der Waals surface area contributed by atoms with Crippen LogP contribution in [0.4, 0.5) is 5.69 Å². The van der Waals surface area contributed by atoms with Crippen LogP contribution in [0.3, 0.4) is 0 Å². The highest BCUT2D eigenvalue weighted by atomic mass is 32.2. The largest absolute Gasteiger partial charge is 0.480 e. The quantitative estimate of drug-likeness (QED) is 0.846. The molecule has 1 saturated carbocycles. The molecule has 3 atom stereocenters. The number of likely N-dealkylation sites (tertiary alicyclic amines) is 1. The average molecular weight is 360 g/mol. The molecule has 0 aromatic heterocycles. The van der Waals surface area contributed by atoms with Crippen LogP contribution in [0.1, 0.15) is 42.5 Å². The van der Waals surface area contributed by atoms with Gasteiger partial charge in [-0.25, -0.2) is 4.79 Å². The van der Waals surface area contributed by atoms with Crippen LogP contribution >= 0.6 is 11.8 Å². The van der Waals surface area contributed by atoms with Crippen molar-refractivity contribution in [3.8, 4) is 0 Å². The molecule has 0 bridgehead atoms. The Balaban J connectivity index is 1.65. The monoisotopic (exact) mass is 360 g/mol. The number of carbonyl (C=O) groups excluding carboxylic acids is 2. The van der Waals surface area contributed by atoms with Crippen LogP contribution in [0.2, 0.25) is 0 Å². The molecular weight excluding hydrogens is 340 g/mol. The van der Waals surface area contributed by atoms with Crippen LogP contribution in [-0.2, 0) is 9.59 Å². The lowest BCUT2D eigenvalue weighted by atomic mass is 9.84. The van der Waals surface area contributed by atoms with Crippen molar-refractivity contribution < 1.29 is 19.5 Å². The van der Waals surface area contributed by atoms with Gasteiger partial charge in [0.25, 0.3) is 5.91 Å². The van der Waals surface area contributed by atoms with Crippen molar-refractivity contribution in [3.63, 3.8) is 0 Å². The van der Waals surface area contributed by atoms with Gasteiger partial charge in [-0.1, -0.05) is 12.8 Å². The summed E-state index contributed by atoms with van der Waals surface area (Å²) >= 11 is 1.44. The number of carboxylic acid groups (broad SMARTS) is 1. The fraction of sp³-hybridized carbons (Fsp3) is 0.500. The van der Waals surface area contributed by atoms with Crippen molar-refractivity contribution in [1.29, 1.82) is 0 Å². The predicted octanol–water partition coefficient (Wildman–Crippen LogP) is 2.59. The molecular formula is C18H20N2O4S. The summed E-state index contributed by atoms with van der Waals surface area (Å²) in [6, 6.07) is 4.51. The first-order valence-electron chi connectivity index (χ1n) is 8.67. The molecule has 4 rings (SSSR count). The smallest absolute Gasteiger partial charge is 0.326 e. The van der Waals surface area contributed by atoms with Gasteiger partial charge in [-0.05, 0) is 43.4 Å². The molecule has 132 valence electrons. The Morgan fingerprint density at radius 3 is 2.84 bits per heavy atom. The molecule has 0 spiro atoms. The molecule has 2 amide bonds. The van der Waals surface area contributed by atoms with E-state index in [1.807, 2.05) is 6.07 Å². The van der Waals surface area contributed by atoms with E-state index in [4.69, 9.17) is 0 Å². The third kappa shape index (κ3) is 2.90. The summed E-state index contributed by atoms with van der Waals surface area (Å²) in [7, 11) is 0. The van der Waals surface area contributed by atoms with E-state index in [1.165, 1.54) is 11.8 Å². The summed E-state index contributed by atoms with van der Waals surface area (Å²) < 4.78 is 0. The average Bonchev–Trinajstić information content (AvgIpc) is 3.00. The Hall–Kier alpha value is -2.02. The number of anilines is 1. The van der Waals surface area contributed by atoms with Gasteiger partial charge >= 0.3 is 5.97 Å². The van der Waals surface area contributed by atoms with E-state index in [1.54, 1.807) is 17.0 Å². The zero-order valence-corrected chi connectivity index (χ0v) is 14.6. The highest BCUT2D eigenvalue weighted by molar-refractivity contribution is 8.00. The SMILES string of the molecule is O=C1CSc2ccc(C(=O)N3[C@H](C(=O)O)C[C@@H]4CCCC[C@@H]43)cc2N1. The van der Waals surface area contributed by atoms with Gasteiger partial charge in [0.2, 0.25) is 5.91 Å². The lowest BCUT2D eigenvalue weighted by Gasteiger charge is -2.33. The molecule has 0 radical (unpaired) electrons. The number of fused-ring (bicyclic) bond motifs is 2. The number of carboxylic acids is 1. The van der Waals surface area contributed by atoms with Crippen LogP contribution in [0.15, 0.2) is 23.1 Å². The normalized spacial score (nSPS) is 28.1. The fourth-order valence-corrected chi connectivity index (χ4v) is 5.13. The first kappa shape index (κ1) is 16.4. The van der Waals surface area contributed by atoms with Gasteiger partial charge in [-0.3, -0.25) is 9.59 Å². The van der Waals surface area contributed by atoms with Crippen LogP contribution in [0, 0.1) is 5.92 Å². The molecule has 25 heavy (non-hydrogen) atoms. The molecule has 1 aromatic rings. The molecule has 6 nitrogen and oxygen atoms in total. The van der Waals surface area contributed by atoms with Gasteiger partial charge in [0.15, 0.2) is 0 Å². The first-order valence-corrected chi connectivity index (χ1v) is 9.65. The lowest BCUT2D eigenvalue weighted by molar-refractivity contribution is -0.141. The van der Waals surface area contributed by atoms with Crippen LogP contribution in [0.5, 0.6) is 0 Å². The third-order valence-corrected chi connectivity index (χ3v) is 6.54. The summed E-state index contributed by atoms with van der Waals surface area (Å²) in [5, 5.41) is 12.4. The van der Waals surface area contributed by atoms with Crippen molar-refractivity contribution in [3.05, 3.63) is 23.8 Å². The summed E-state index contributed by atoms with van der Waals surface area (Å²) in [5.41, 5.74) is 1.08. The summed E-state index contributed by atoms with van der Waals surface area (Å²) in [6.45, 7) is 0. The molecule has 7 heteroatoms. The van der Waals surface area contributed by atoms with Gasteiger partial charge in [0.1, 0.15) is 6.04 Å². The maximum Gasteiger partial charge on any atom is 0.326 e. The minimum atomic E-state index is -0.926. The zero-order valence-electron chi connectivity index (χ0n) is 13.7. The molecule has 1 saturated heterocycles. The molecule has 2 fully saturated rings. The molecule has 2 N–H and O–H groups in total. The number of rotatable bonds is 2. The highest BCUT2D eigenvalue weighted by Crippen LogP contribution is 2.41. The van der Waals surface area contributed by atoms with Gasteiger partial charge in [0.05, 0.1) is 11.4 Å². The van der Waals surface area contributed by atoms with Gasteiger partial charge in [-0.15, -0.1) is 11.8 Å². The van der Waals surface area contributed by atoms with Crippen molar-refractivity contribution in [2.24, 2.45) is 5.92 Å². The van der Waals surface area contributed by atoms with Crippen LogP contribution in [0.25, 0.3) is 0 Å². The Labute approximate surface area is 150 Å². The second-order valence-electron chi connectivity index (χ2n) is 6.96. The standard InChI is InChI=1S/C18H20N2O4S/c21-16-9-25-15-6-5-11(7-12(15)19-16)17(22)20-13-4-2-1-3-10(13)8-14(20)18(23)24/h5-7,10,13-14H,1-4,8-9H2,(H,19,21)(H,23,24)/t10-,13-,14-/m0/s1. The van der Waals surface area contributed by atoms with E-state index in [0.29, 0.717) is 23.4 Å². The molecule has 1 aromatic carbocycles. The molecule has 2 aliphatic heterocycles. The topological polar surface area (TPSA) is 86.7 Å². The third-order valence-electron chi connectivity index (χ3n) is 5.47. The second-order valence-corrected chi connectivity index (χ2v) is 7.98. The number of hydrogen-bond donors (Lipinski definition) is 2. The van der Waals surface area contributed by atoms with Gasteiger partial charge in [-0.2, -0.15) is 0 Å². The lowest BCUT2D eigenvalue weighted by Crippen LogP contribution is -2.46. The number of benzene rings is 1. The number of thioether (sulfide) groups is 1. The predicted molar refractivity (Wildman–Crippen MR) is 93.8 cm³/mol. The Morgan fingerprint density at radius 1 is 1.24 bits per heavy atom. The second kappa shape index (κ2) is 6.37. The highest BCUT2D eigenvalue weighted by Gasteiger charge is 2.47. The Morgan fingerprint density at radius 2 is 2.04 bits per heavy atom. The van der Waals surface area contributed by atoms with Crippen LogP contribution in [-0.4, -0.2) is 45.6 Å². The van der Waals surface area contributed by atoms with Crippen molar-refractivity contribution >= 4 is 35.2 Å². The minimum absolute atomic E-state index is 0.0161. The summed E-state index contributed by atoms with van der Waals surface area (Å²) in [6.07, 6.45) is 4.56. The zero-order chi connectivity index (χ0) is 17.6. The molecule has 2 heterocycles. The van der Waals surface area contributed by atoms with E-state index in [9.17, 15) is 19.5 Å². The number of aliphatic carboxylic acids is 1.